The van der Waals surface area contributed by atoms with E-state index >= 15 is 0 Å². The highest BCUT2D eigenvalue weighted by Crippen LogP contribution is 2.35. The highest BCUT2D eigenvalue weighted by atomic mass is 35.5. The van der Waals surface area contributed by atoms with Crippen molar-refractivity contribution < 1.29 is 0 Å². The van der Waals surface area contributed by atoms with Gasteiger partial charge in [-0.05, 0) is 30.5 Å². The van der Waals surface area contributed by atoms with Gasteiger partial charge in [-0.15, -0.1) is 0 Å². The van der Waals surface area contributed by atoms with Gasteiger partial charge in [-0.25, -0.2) is 0 Å². The number of halogens is 2. The quantitative estimate of drug-likeness (QED) is 0.836. The molecule has 106 valence electrons. The Morgan fingerprint density at radius 1 is 1.21 bits per heavy atom. The number of hydrogen-bond donors (Lipinski definition) is 1. The molecule has 0 aliphatic carbocycles. The summed E-state index contributed by atoms with van der Waals surface area (Å²) < 4.78 is 0. The highest BCUT2D eigenvalue weighted by molar-refractivity contribution is 6.39. The topological polar surface area (TPSA) is 15.3 Å². The Hall–Kier alpha value is -0.440. The van der Waals surface area contributed by atoms with E-state index in [-0.39, 0.29) is 5.41 Å². The number of nitrogens with zero attached hydrogens (tertiary/aromatic N) is 1. The molecule has 0 radical (unpaired) electrons. The molecule has 0 bridgehead atoms. The van der Waals surface area contributed by atoms with Crippen LogP contribution in [0.2, 0.25) is 10.0 Å². The molecule has 19 heavy (non-hydrogen) atoms. The molecule has 2 rings (SSSR count). The van der Waals surface area contributed by atoms with Gasteiger partial charge in [0.1, 0.15) is 0 Å². The Morgan fingerprint density at radius 2 is 1.84 bits per heavy atom. The van der Waals surface area contributed by atoms with Crippen LogP contribution in [0.25, 0.3) is 0 Å². The number of nitrogens with one attached hydrogen (secondary N) is 1. The minimum atomic E-state index is 0.219. The second-order valence-corrected chi connectivity index (χ2v) is 7.06. The highest BCUT2D eigenvalue weighted by Gasteiger charge is 2.29. The average Bonchev–Trinajstić information content (AvgIpc) is 2.54. The zero-order valence-corrected chi connectivity index (χ0v) is 13.4. The first-order valence-electron chi connectivity index (χ1n) is 6.82. The normalized spacial score (nSPS) is 21.3. The molecular weight excluding hydrogens is 279 g/mol. The molecule has 1 unspecified atom stereocenters. The average molecular weight is 301 g/mol. The molecule has 0 saturated carbocycles. The molecule has 1 saturated heterocycles. The first-order valence-corrected chi connectivity index (χ1v) is 7.57. The summed E-state index contributed by atoms with van der Waals surface area (Å²) in [4.78, 5) is 2.32. The number of benzene rings is 1. The van der Waals surface area contributed by atoms with Crippen LogP contribution >= 0.6 is 23.2 Å². The van der Waals surface area contributed by atoms with E-state index in [4.69, 9.17) is 23.2 Å². The standard InChI is InChI=1S/C15H22Cl2N2/c1-15(2,3)13-10-19(9-5-8-18-13)14-11(16)6-4-7-12(14)17/h4,6-7,13,18H,5,8-10H2,1-3H3. The molecule has 1 N–H and O–H groups in total. The predicted octanol–water partition coefficient (Wildman–Crippen LogP) is 4.21. The first-order chi connectivity index (χ1) is 8.89. The van der Waals surface area contributed by atoms with Crippen molar-refractivity contribution in [3.8, 4) is 0 Å². The van der Waals surface area contributed by atoms with E-state index in [0.29, 0.717) is 6.04 Å². The Bertz CT molecular complexity index is 420. The molecule has 0 spiro atoms. The molecule has 0 amide bonds. The molecule has 4 heteroatoms. The number of para-hydroxylation sites is 1. The summed E-state index contributed by atoms with van der Waals surface area (Å²) in [6, 6.07) is 6.15. The molecule has 1 aromatic rings. The third kappa shape index (κ3) is 3.56. The van der Waals surface area contributed by atoms with Gasteiger partial charge in [0.2, 0.25) is 0 Å². The van der Waals surface area contributed by atoms with Gasteiger partial charge in [0.05, 0.1) is 15.7 Å². The third-order valence-corrected chi connectivity index (χ3v) is 4.31. The predicted molar refractivity (Wildman–Crippen MR) is 84.5 cm³/mol. The fourth-order valence-corrected chi connectivity index (χ4v) is 3.13. The maximum atomic E-state index is 6.33. The van der Waals surface area contributed by atoms with Crippen LogP contribution in [-0.2, 0) is 0 Å². The van der Waals surface area contributed by atoms with E-state index in [0.717, 1.165) is 41.8 Å². The fourth-order valence-electron chi connectivity index (χ4n) is 2.50. The molecule has 1 aromatic carbocycles. The summed E-state index contributed by atoms with van der Waals surface area (Å²) in [5.41, 5.74) is 1.19. The van der Waals surface area contributed by atoms with E-state index in [1.807, 2.05) is 18.2 Å². The van der Waals surface area contributed by atoms with Crippen molar-refractivity contribution in [1.29, 1.82) is 0 Å². The van der Waals surface area contributed by atoms with Crippen LogP contribution in [0.5, 0.6) is 0 Å². The van der Waals surface area contributed by atoms with Gasteiger partial charge in [0.15, 0.2) is 0 Å². The number of anilines is 1. The largest absolute Gasteiger partial charge is 0.367 e. The van der Waals surface area contributed by atoms with Crippen LogP contribution in [0.15, 0.2) is 18.2 Å². The second-order valence-electron chi connectivity index (χ2n) is 6.24. The van der Waals surface area contributed by atoms with Crippen molar-refractivity contribution in [2.24, 2.45) is 5.41 Å². The summed E-state index contributed by atoms with van der Waals surface area (Å²) >= 11 is 12.7. The second kappa shape index (κ2) is 5.90. The Labute approximate surface area is 126 Å². The molecule has 1 fully saturated rings. The van der Waals surface area contributed by atoms with Gasteiger partial charge < -0.3 is 10.2 Å². The van der Waals surface area contributed by atoms with Crippen LogP contribution in [0.1, 0.15) is 27.2 Å². The SMILES string of the molecule is CC(C)(C)C1CN(c2c(Cl)cccc2Cl)CCCN1. The van der Waals surface area contributed by atoms with Crippen molar-refractivity contribution in [3.05, 3.63) is 28.2 Å². The minimum Gasteiger partial charge on any atom is -0.367 e. The molecule has 1 aliphatic rings. The summed E-state index contributed by atoms with van der Waals surface area (Å²) in [6.07, 6.45) is 1.11. The van der Waals surface area contributed by atoms with E-state index in [2.05, 4.69) is 31.0 Å². The molecular formula is C15H22Cl2N2. The summed E-state index contributed by atoms with van der Waals surface area (Å²) in [5, 5.41) is 5.11. The summed E-state index contributed by atoms with van der Waals surface area (Å²) in [5.74, 6) is 0. The molecule has 1 aliphatic heterocycles. The van der Waals surface area contributed by atoms with Crippen LogP contribution in [0, 0.1) is 5.41 Å². The van der Waals surface area contributed by atoms with Crippen molar-refractivity contribution in [2.75, 3.05) is 24.5 Å². The van der Waals surface area contributed by atoms with Gasteiger partial charge in [0, 0.05) is 19.1 Å². The van der Waals surface area contributed by atoms with E-state index in [1.54, 1.807) is 0 Å². The fraction of sp³-hybridized carbons (Fsp3) is 0.600. The minimum absolute atomic E-state index is 0.219. The summed E-state index contributed by atoms with van der Waals surface area (Å²) in [6.45, 7) is 9.77. The first kappa shape index (κ1) is 15.0. The maximum absolute atomic E-state index is 6.33. The zero-order valence-electron chi connectivity index (χ0n) is 11.8. The lowest BCUT2D eigenvalue weighted by Crippen LogP contribution is -2.46. The lowest BCUT2D eigenvalue weighted by molar-refractivity contribution is 0.280. The lowest BCUT2D eigenvalue weighted by Gasteiger charge is -2.35. The monoisotopic (exact) mass is 300 g/mol. The van der Waals surface area contributed by atoms with E-state index < -0.39 is 0 Å². The number of hydrogen-bond acceptors (Lipinski definition) is 2. The number of rotatable bonds is 1. The molecule has 0 aromatic heterocycles. The van der Waals surface area contributed by atoms with Gasteiger partial charge in [-0.3, -0.25) is 0 Å². The van der Waals surface area contributed by atoms with Gasteiger partial charge in [-0.1, -0.05) is 50.0 Å². The van der Waals surface area contributed by atoms with Crippen LogP contribution < -0.4 is 10.2 Å². The van der Waals surface area contributed by atoms with Crippen LogP contribution in [-0.4, -0.2) is 25.7 Å². The molecule has 2 nitrogen and oxygen atoms in total. The Morgan fingerprint density at radius 3 is 2.42 bits per heavy atom. The van der Waals surface area contributed by atoms with Gasteiger partial charge >= 0.3 is 0 Å². The maximum Gasteiger partial charge on any atom is 0.0745 e. The third-order valence-electron chi connectivity index (χ3n) is 3.70. The smallest absolute Gasteiger partial charge is 0.0745 e. The molecule has 1 heterocycles. The van der Waals surface area contributed by atoms with E-state index in [1.165, 1.54) is 0 Å². The lowest BCUT2D eigenvalue weighted by atomic mass is 9.86. The van der Waals surface area contributed by atoms with Crippen LogP contribution in [0.4, 0.5) is 5.69 Å². The van der Waals surface area contributed by atoms with Gasteiger partial charge in [0.25, 0.3) is 0 Å². The summed E-state index contributed by atoms with van der Waals surface area (Å²) in [7, 11) is 0. The molecule has 1 atom stereocenters. The van der Waals surface area contributed by atoms with Crippen LogP contribution in [0.3, 0.4) is 0 Å². The van der Waals surface area contributed by atoms with Crippen molar-refractivity contribution in [1.82, 2.24) is 5.32 Å². The van der Waals surface area contributed by atoms with E-state index in [9.17, 15) is 0 Å². The Balaban J connectivity index is 2.28. The van der Waals surface area contributed by atoms with Crippen molar-refractivity contribution in [2.45, 2.75) is 33.2 Å². The van der Waals surface area contributed by atoms with Gasteiger partial charge in [-0.2, -0.15) is 0 Å². The van der Waals surface area contributed by atoms with Crippen molar-refractivity contribution >= 4 is 28.9 Å². The Kier molecular flexibility index (Phi) is 4.65. The van der Waals surface area contributed by atoms with Crippen molar-refractivity contribution in [3.63, 3.8) is 0 Å². The zero-order chi connectivity index (χ0) is 14.0.